The lowest BCUT2D eigenvalue weighted by Crippen LogP contribution is -2.27. The van der Waals surface area contributed by atoms with Crippen molar-refractivity contribution in [2.24, 2.45) is 0 Å². The number of carboxylic acids is 1. The molecule has 1 aliphatic rings. The van der Waals surface area contributed by atoms with E-state index < -0.39 is 5.97 Å². The molecular formula is C18H13NO4S. The molecule has 2 aromatic carbocycles. The first kappa shape index (κ1) is 16.0. The summed E-state index contributed by atoms with van der Waals surface area (Å²) in [6.07, 6.45) is 1.68. The summed E-state index contributed by atoms with van der Waals surface area (Å²) >= 11 is 0.889. The van der Waals surface area contributed by atoms with Crippen LogP contribution in [0.25, 0.3) is 6.08 Å². The second-order valence-corrected chi connectivity index (χ2v) is 6.18. The van der Waals surface area contributed by atoms with Crippen LogP contribution in [0.15, 0.2) is 59.5 Å². The monoisotopic (exact) mass is 339 g/mol. The topological polar surface area (TPSA) is 74.7 Å². The van der Waals surface area contributed by atoms with E-state index >= 15 is 0 Å². The van der Waals surface area contributed by atoms with Crippen LogP contribution in [-0.2, 0) is 11.3 Å². The number of imide groups is 1. The quantitative estimate of drug-likeness (QED) is 0.861. The van der Waals surface area contributed by atoms with Gasteiger partial charge in [-0.1, -0.05) is 42.5 Å². The third-order valence-electron chi connectivity index (χ3n) is 3.49. The third kappa shape index (κ3) is 3.38. The molecule has 0 saturated carbocycles. The lowest BCUT2D eigenvalue weighted by Gasteiger charge is -2.12. The van der Waals surface area contributed by atoms with E-state index in [0.29, 0.717) is 10.5 Å². The fourth-order valence-electron chi connectivity index (χ4n) is 2.32. The first-order chi connectivity index (χ1) is 11.5. The van der Waals surface area contributed by atoms with Crippen LogP contribution in [0.2, 0.25) is 0 Å². The van der Waals surface area contributed by atoms with Crippen LogP contribution in [0.1, 0.15) is 21.5 Å². The first-order valence-electron chi connectivity index (χ1n) is 7.17. The zero-order valence-corrected chi connectivity index (χ0v) is 13.3. The van der Waals surface area contributed by atoms with Crippen LogP contribution in [0.5, 0.6) is 0 Å². The van der Waals surface area contributed by atoms with Crippen molar-refractivity contribution in [1.82, 2.24) is 4.90 Å². The van der Waals surface area contributed by atoms with Gasteiger partial charge in [0.05, 0.1) is 17.0 Å². The molecule has 120 valence electrons. The molecule has 1 saturated heterocycles. The van der Waals surface area contributed by atoms with Crippen LogP contribution < -0.4 is 0 Å². The number of benzene rings is 2. The Morgan fingerprint density at radius 1 is 1.08 bits per heavy atom. The number of hydrogen-bond acceptors (Lipinski definition) is 4. The molecule has 0 radical (unpaired) electrons. The largest absolute Gasteiger partial charge is 0.478 e. The number of carbonyl (C=O) groups is 3. The summed E-state index contributed by atoms with van der Waals surface area (Å²) in [6, 6.07) is 15.5. The molecule has 2 amide bonds. The van der Waals surface area contributed by atoms with Gasteiger partial charge < -0.3 is 5.11 Å². The Labute approximate surface area is 142 Å². The predicted octanol–water partition coefficient (Wildman–Crippen LogP) is 3.62. The molecule has 0 atom stereocenters. The van der Waals surface area contributed by atoms with Crippen molar-refractivity contribution in [3.8, 4) is 0 Å². The summed E-state index contributed by atoms with van der Waals surface area (Å²) in [5.74, 6) is -1.41. The van der Waals surface area contributed by atoms with Gasteiger partial charge in [-0.2, -0.15) is 0 Å². The zero-order valence-electron chi connectivity index (χ0n) is 12.5. The Morgan fingerprint density at radius 2 is 1.83 bits per heavy atom. The highest BCUT2D eigenvalue weighted by atomic mass is 32.2. The Morgan fingerprint density at radius 3 is 2.54 bits per heavy atom. The maximum atomic E-state index is 12.4. The Bertz CT molecular complexity index is 845. The van der Waals surface area contributed by atoms with E-state index in [2.05, 4.69) is 0 Å². The molecule has 24 heavy (non-hydrogen) atoms. The SMILES string of the molecule is O=C(O)c1cccc(CN2C(=O)S/C(=C/c3ccccc3)C2=O)c1. The van der Waals surface area contributed by atoms with Crippen molar-refractivity contribution in [1.29, 1.82) is 0 Å². The van der Waals surface area contributed by atoms with Crippen molar-refractivity contribution in [2.45, 2.75) is 6.54 Å². The van der Waals surface area contributed by atoms with Gasteiger partial charge in [-0.25, -0.2) is 4.79 Å². The number of amides is 2. The van der Waals surface area contributed by atoms with Crippen molar-refractivity contribution < 1.29 is 19.5 Å². The van der Waals surface area contributed by atoms with Crippen molar-refractivity contribution >= 4 is 35.0 Å². The molecule has 0 bridgehead atoms. The zero-order chi connectivity index (χ0) is 17.1. The number of carbonyl (C=O) groups excluding carboxylic acids is 2. The minimum Gasteiger partial charge on any atom is -0.478 e. The maximum absolute atomic E-state index is 12.4. The molecule has 1 fully saturated rings. The fourth-order valence-corrected chi connectivity index (χ4v) is 3.16. The van der Waals surface area contributed by atoms with Gasteiger partial charge in [0.2, 0.25) is 0 Å². The summed E-state index contributed by atoms with van der Waals surface area (Å²) in [5, 5.41) is 8.66. The lowest BCUT2D eigenvalue weighted by molar-refractivity contribution is -0.123. The number of hydrogen-bond donors (Lipinski definition) is 1. The molecular weight excluding hydrogens is 326 g/mol. The van der Waals surface area contributed by atoms with Crippen molar-refractivity contribution in [3.63, 3.8) is 0 Å². The normalized spacial score (nSPS) is 16.0. The van der Waals surface area contributed by atoms with E-state index in [4.69, 9.17) is 5.11 Å². The Hall–Kier alpha value is -2.86. The highest BCUT2D eigenvalue weighted by Crippen LogP contribution is 2.33. The lowest BCUT2D eigenvalue weighted by atomic mass is 10.1. The minimum absolute atomic E-state index is 0.0535. The second-order valence-electron chi connectivity index (χ2n) is 5.18. The number of aromatic carboxylic acids is 1. The standard InChI is InChI=1S/C18H13NO4S/c20-16-15(10-12-5-2-1-3-6-12)24-18(23)19(16)11-13-7-4-8-14(9-13)17(21)22/h1-10H,11H2,(H,21,22)/b15-10+. The summed E-state index contributed by atoms with van der Waals surface area (Å²) < 4.78 is 0. The molecule has 0 spiro atoms. The van der Waals surface area contributed by atoms with Gasteiger partial charge in [-0.05, 0) is 41.1 Å². The molecule has 1 aliphatic heterocycles. The molecule has 0 unspecified atom stereocenters. The molecule has 0 aliphatic carbocycles. The molecule has 6 heteroatoms. The van der Waals surface area contributed by atoms with E-state index in [1.807, 2.05) is 30.3 Å². The number of nitrogens with zero attached hydrogens (tertiary/aromatic N) is 1. The summed E-state index contributed by atoms with van der Waals surface area (Å²) in [7, 11) is 0. The van der Waals surface area contributed by atoms with Gasteiger partial charge in [0.15, 0.2) is 0 Å². The van der Waals surface area contributed by atoms with Crippen LogP contribution in [0.3, 0.4) is 0 Å². The van der Waals surface area contributed by atoms with Crippen LogP contribution in [-0.4, -0.2) is 27.1 Å². The maximum Gasteiger partial charge on any atom is 0.335 e. The van der Waals surface area contributed by atoms with E-state index in [9.17, 15) is 14.4 Å². The average Bonchev–Trinajstić information content (AvgIpc) is 2.83. The highest BCUT2D eigenvalue weighted by molar-refractivity contribution is 8.18. The van der Waals surface area contributed by atoms with Gasteiger partial charge in [0, 0.05) is 0 Å². The third-order valence-corrected chi connectivity index (χ3v) is 4.39. The van der Waals surface area contributed by atoms with Gasteiger partial charge in [0.25, 0.3) is 11.1 Å². The summed E-state index contributed by atoms with van der Waals surface area (Å²) in [4.78, 5) is 37.1. The van der Waals surface area contributed by atoms with Crippen LogP contribution in [0, 0.1) is 0 Å². The Kier molecular flexibility index (Phi) is 4.48. The predicted molar refractivity (Wildman–Crippen MR) is 91.4 cm³/mol. The highest BCUT2D eigenvalue weighted by Gasteiger charge is 2.35. The second kappa shape index (κ2) is 6.72. The minimum atomic E-state index is -1.05. The van der Waals surface area contributed by atoms with Crippen molar-refractivity contribution in [3.05, 3.63) is 76.2 Å². The molecule has 1 N–H and O–H groups in total. The molecule has 1 heterocycles. The molecule has 0 aromatic heterocycles. The van der Waals surface area contributed by atoms with Crippen LogP contribution in [0.4, 0.5) is 4.79 Å². The average molecular weight is 339 g/mol. The van der Waals surface area contributed by atoms with Crippen LogP contribution >= 0.6 is 11.8 Å². The van der Waals surface area contributed by atoms with Gasteiger partial charge >= 0.3 is 5.97 Å². The van der Waals surface area contributed by atoms with E-state index in [0.717, 1.165) is 22.2 Å². The van der Waals surface area contributed by atoms with E-state index in [1.54, 1.807) is 18.2 Å². The van der Waals surface area contributed by atoms with Gasteiger partial charge in [-0.3, -0.25) is 14.5 Å². The smallest absolute Gasteiger partial charge is 0.335 e. The van der Waals surface area contributed by atoms with Gasteiger partial charge in [0.1, 0.15) is 0 Å². The fraction of sp³-hybridized carbons (Fsp3) is 0.0556. The van der Waals surface area contributed by atoms with E-state index in [-0.39, 0.29) is 23.3 Å². The Balaban J connectivity index is 1.81. The first-order valence-corrected chi connectivity index (χ1v) is 7.99. The number of thioether (sulfide) groups is 1. The van der Waals surface area contributed by atoms with Crippen molar-refractivity contribution in [2.75, 3.05) is 0 Å². The number of rotatable bonds is 4. The number of carboxylic acid groups (broad SMARTS) is 1. The molecule has 2 aromatic rings. The summed E-state index contributed by atoms with van der Waals surface area (Å²) in [5.41, 5.74) is 1.56. The summed E-state index contributed by atoms with van der Waals surface area (Å²) in [6.45, 7) is 0.0535. The molecule has 3 rings (SSSR count). The molecule has 5 nitrogen and oxygen atoms in total. The van der Waals surface area contributed by atoms with Gasteiger partial charge in [-0.15, -0.1) is 0 Å². The van der Waals surface area contributed by atoms with E-state index in [1.165, 1.54) is 12.1 Å².